The maximum Gasteiger partial charge on any atom is 0.243 e. The smallest absolute Gasteiger partial charge is 0.243 e. The summed E-state index contributed by atoms with van der Waals surface area (Å²) in [4.78, 5) is 4.38. The van der Waals surface area contributed by atoms with Gasteiger partial charge in [-0.3, -0.25) is 10.9 Å². The minimum atomic E-state index is -3.55. The molecule has 144 valence electrons. The quantitative estimate of drug-likeness (QED) is 0.575. The minimum absolute atomic E-state index is 0.185. The molecule has 0 atom stereocenters. The molecule has 0 unspecified atom stereocenters. The molecule has 0 aliphatic carbocycles. The zero-order chi connectivity index (χ0) is 18.9. The molecule has 1 aromatic heterocycles. The average Bonchev–Trinajstić information content (AvgIpc) is 3.15. The summed E-state index contributed by atoms with van der Waals surface area (Å²) in [6, 6.07) is 8.34. The number of hydrogen-bond acceptors (Lipinski definition) is 9. The molecule has 2 aromatic rings. The van der Waals surface area contributed by atoms with E-state index in [1.807, 2.05) is 6.07 Å². The molecule has 1 aromatic carbocycles. The van der Waals surface area contributed by atoms with E-state index in [1.165, 1.54) is 4.31 Å². The van der Waals surface area contributed by atoms with Gasteiger partial charge in [0.25, 0.3) is 0 Å². The van der Waals surface area contributed by atoms with Crippen molar-refractivity contribution in [3.63, 3.8) is 0 Å². The van der Waals surface area contributed by atoms with Crippen molar-refractivity contribution in [3.8, 4) is 5.75 Å². The van der Waals surface area contributed by atoms with E-state index in [0.717, 1.165) is 5.56 Å². The summed E-state index contributed by atoms with van der Waals surface area (Å²) in [5, 5.41) is 0. The second kappa shape index (κ2) is 7.19. The molecular weight excluding hydrogens is 372 g/mol. The Hall–Kier alpha value is -2.60. The number of rotatable bonds is 5. The molecule has 0 radical (unpaired) electrons. The SMILES string of the molecule is Nc1cc(OCc2cccc(S(=O)(=O)N3CCOCC3)c2)c2c(n1)NNN2. The van der Waals surface area contributed by atoms with Crippen molar-refractivity contribution in [2.75, 3.05) is 42.9 Å². The van der Waals surface area contributed by atoms with Crippen LogP contribution in [0.2, 0.25) is 0 Å². The normalized spacial score (nSPS) is 17.0. The second-order valence-corrected chi connectivity index (χ2v) is 8.03. The van der Waals surface area contributed by atoms with E-state index in [0.29, 0.717) is 49.4 Å². The van der Waals surface area contributed by atoms with Crippen molar-refractivity contribution in [3.05, 3.63) is 35.9 Å². The van der Waals surface area contributed by atoms with E-state index in [4.69, 9.17) is 15.2 Å². The molecule has 27 heavy (non-hydrogen) atoms. The van der Waals surface area contributed by atoms with Crippen LogP contribution in [0.15, 0.2) is 35.2 Å². The summed E-state index contributed by atoms with van der Waals surface area (Å²) in [5.74, 6) is 1.36. The Balaban J connectivity index is 1.52. The molecule has 4 rings (SSSR count). The van der Waals surface area contributed by atoms with Crippen LogP contribution in [0.3, 0.4) is 0 Å². The number of benzene rings is 1. The standard InChI is InChI=1S/C16H20N6O4S/c17-14-9-13(15-16(18-14)20-21-19-15)26-10-11-2-1-3-12(8-11)27(23,24)22-4-6-25-7-5-22/h1-3,8-9,19,21H,4-7,10H2,(H3,17,18,20). The number of anilines is 3. The van der Waals surface area contributed by atoms with Crippen LogP contribution in [0, 0.1) is 0 Å². The predicted octanol–water partition coefficient (Wildman–Crippen LogP) is 0.521. The highest BCUT2D eigenvalue weighted by molar-refractivity contribution is 7.89. The van der Waals surface area contributed by atoms with Crippen LogP contribution in [0.4, 0.5) is 17.3 Å². The van der Waals surface area contributed by atoms with Crippen LogP contribution in [-0.4, -0.2) is 44.0 Å². The van der Waals surface area contributed by atoms with Crippen LogP contribution in [0.5, 0.6) is 5.75 Å². The molecular formula is C16H20N6O4S. The Morgan fingerprint density at radius 2 is 2.04 bits per heavy atom. The van der Waals surface area contributed by atoms with Gasteiger partial charge in [-0.25, -0.2) is 13.4 Å². The second-order valence-electron chi connectivity index (χ2n) is 6.10. The third kappa shape index (κ3) is 3.62. The van der Waals surface area contributed by atoms with Gasteiger partial charge in [-0.1, -0.05) is 12.1 Å². The summed E-state index contributed by atoms with van der Waals surface area (Å²) in [6.45, 7) is 1.72. The number of morpholine rings is 1. The zero-order valence-corrected chi connectivity index (χ0v) is 15.3. The topological polar surface area (TPSA) is 131 Å². The van der Waals surface area contributed by atoms with E-state index in [2.05, 4.69) is 21.4 Å². The first-order chi connectivity index (χ1) is 13.0. The largest absolute Gasteiger partial charge is 0.486 e. The third-order valence-corrected chi connectivity index (χ3v) is 6.17. The highest BCUT2D eigenvalue weighted by Crippen LogP contribution is 2.35. The van der Waals surface area contributed by atoms with Crippen molar-refractivity contribution in [1.29, 1.82) is 0 Å². The van der Waals surface area contributed by atoms with Gasteiger partial charge in [0.2, 0.25) is 10.0 Å². The Labute approximate surface area is 156 Å². The van der Waals surface area contributed by atoms with E-state index < -0.39 is 10.0 Å². The average molecular weight is 392 g/mol. The van der Waals surface area contributed by atoms with Crippen LogP contribution >= 0.6 is 0 Å². The number of nitrogens with one attached hydrogen (secondary N) is 3. The summed E-state index contributed by atoms with van der Waals surface area (Å²) in [5.41, 5.74) is 15.6. The van der Waals surface area contributed by atoms with Crippen LogP contribution in [0.1, 0.15) is 5.56 Å². The Kier molecular flexibility index (Phi) is 4.74. The number of ether oxygens (including phenoxy) is 2. The molecule has 0 spiro atoms. The molecule has 1 fully saturated rings. The van der Waals surface area contributed by atoms with E-state index >= 15 is 0 Å². The molecule has 3 heterocycles. The molecule has 10 nitrogen and oxygen atoms in total. The summed E-state index contributed by atoms with van der Waals surface area (Å²) >= 11 is 0. The third-order valence-electron chi connectivity index (χ3n) is 4.27. The number of hydrazine groups is 2. The van der Waals surface area contributed by atoms with Crippen molar-refractivity contribution >= 4 is 27.3 Å². The van der Waals surface area contributed by atoms with Gasteiger partial charge in [0.15, 0.2) is 11.6 Å². The highest BCUT2D eigenvalue weighted by atomic mass is 32.2. The number of pyridine rings is 1. The number of nitrogen functional groups attached to an aromatic ring is 1. The van der Waals surface area contributed by atoms with Gasteiger partial charge in [-0.15, -0.1) is 5.53 Å². The van der Waals surface area contributed by atoms with Crippen molar-refractivity contribution in [2.24, 2.45) is 0 Å². The first kappa shape index (κ1) is 17.8. The summed E-state index contributed by atoms with van der Waals surface area (Å²) in [6.07, 6.45) is 0. The van der Waals surface area contributed by atoms with Gasteiger partial charge >= 0.3 is 0 Å². The lowest BCUT2D eigenvalue weighted by molar-refractivity contribution is 0.0730. The molecule has 11 heteroatoms. The molecule has 0 bridgehead atoms. The van der Waals surface area contributed by atoms with Crippen LogP contribution in [-0.2, 0) is 21.4 Å². The lowest BCUT2D eigenvalue weighted by Gasteiger charge is -2.26. The minimum Gasteiger partial charge on any atom is -0.486 e. The number of fused-ring (bicyclic) bond motifs is 1. The Bertz CT molecular complexity index is 946. The monoisotopic (exact) mass is 392 g/mol. The Morgan fingerprint density at radius 1 is 1.22 bits per heavy atom. The van der Waals surface area contributed by atoms with Gasteiger partial charge < -0.3 is 15.2 Å². The van der Waals surface area contributed by atoms with E-state index in [1.54, 1.807) is 24.3 Å². The number of hydrogen-bond donors (Lipinski definition) is 4. The fourth-order valence-corrected chi connectivity index (χ4v) is 4.39. The van der Waals surface area contributed by atoms with Crippen LogP contribution < -0.4 is 26.9 Å². The van der Waals surface area contributed by atoms with E-state index in [-0.39, 0.29) is 11.5 Å². The molecule has 0 amide bonds. The maximum atomic E-state index is 12.8. The predicted molar refractivity (Wildman–Crippen MR) is 99.4 cm³/mol. The van der Waals surface area contributed by atoms with Gasteiger partial charge in [0.1, 0.15) is 18.1 Å². The van der Waals surface area contributed by atoms with Crippen molar-refractivity contribution in [1.82, 2.24) is 14.8 Å². The van der Waals surface area contributed by atoms with Crippen LogP contribution in [0.25, 0.3) is 0 Å². The first-order valence-corrected chi connectivity index (χ1v) is 9.85. The van der Waals surface area contributed by atoms with Gasteiger partial charge in [-0.2, -0.15) is 4.31 Å². The maximum absolute atomic E-state index is 12.8. The van der Waals surface area contributed by atoms with Crippen molar-refractivity contribution in [2.45, 2.75) is 11.5 Å². The Morgan fingerprint density at radius 3 is 2.85 bits per heavy atom. The number of nitrogens with zero attached hydrogens (tertiary/aromatic N) is 2. The van der Waals surface area contributed by atoms with Gasteiger partial charge in [0.05, 0.1) is 18.1 Å². The fraction of sp³-hybridized carbons (Fsp3) is 0.312. The number of aromatic nitrogens is 1. The lowest BCUT2D eigenvalue weighted by Crippen LogP contribution is -2.40. The molecule has 1 saturated heterocycles. The fourth-order valence-electron chi connectivity index (χ4n) is 2.91. The van der Waals surface area contributed by atoms with E-state index in [9.17, 15) is 8.42 Å². The first-order valence-electron chi connectivity index (χ1n) is 8.41. The molecule has 5 N–H and O–H groups in total. The van der Waals surface area contributed by atoms with Crippen molar-refractivity contribution < 1.29 is 17.9 Å². The lowest BCUT2D eigenvalue weighted by atomic mass is 10.2. The summed E-state index contributed by atoms with van der Waals surface area (Å²) in [7, 11) is -3.55. The van der Waals surface area contributed by atoms with Gasteiger partial charge in [0, 0.05) is 19.2 Å². The molecule has 2 aliphatic rings. The highest BCUT2D eigenvalue weighted by Gasteiger charge is 2.26. The number of sulfonamides is 1. The zero-order valence-electron chi connectivity index (χ0n) is 14.4. The molecule has 0 saturated carbocycles. The van der Waals surface area contributed by atoms with Gasteiger partial charge in [-0.05, 0) is 17.7 Å². The summed E-state index contributed by atoms with van der Waals surface area (Å²) < 4.78 is 38.1. The number of nitrogens with two attached hydrogens (primary N) is 1. The molecule has 2 aliphatic heterocycles.